The molecule has 0 aromatic rings. The molecule has 1 saturated heterocycles. The molecule has 1 fully saturated rings. The standard InChI is InChI=1S/C12H21NO/c1-3-5-7-11(13-4-2)10-12-8-6-9-14-12/h1,11-13H,4-10H2,2H3. The van der Waals surface area contributed by atoms with E-state index in [2.05, 4.69) is 18.2 Å². The maximum atomic E-state index is 5.62. The van der Waals surface area contributed by atoms with Gasteiger partial charge >= 0.3 is 0 Å². The highest BCUT2D eigenvalue weighted by Crippen LogP contribution is 2.18. The van der Waals surface area contributed by atoms with Crippen LogP contribution in [0.25, 0.3) is 0 Å². The molecule has 2 atom stereocenters. The Balaban J connectivity index is 2.22. The number of hydrogen-bond donors (Lipinski definition) is 1. The van der Waals surface area contributed by atoms with Gasteiger partial charge in [-0.25, -0.2) is 0 Å². The first kappa shape index (κ1) is 11.6. The Morgan fingerprint density at radius 2 is 2.50 bits per heavy atom. The molecular formula is C12H21NO. The molecule has 0 aromatic heterocycles. The second-order valence-corrected chi connectivity index (χ2v) is 3.87. The van der Waals surface area contributed by atoms with E-state index >= 15 is 0 Å². The van der Waals surface area contributed by atoms with Crippen molar-refractivity contribution in [1.29, 1.82) is 0 Å². The third-order valence-corrected chi connectivity index (χ3v) is 2.70. The van der Waals surface area contributed by atoms with E-state index in [1.165, 1.54) is 12.8 Å². The van der Waals surface area contributed by atoms with Gasteiger partial charge in [0.1, 0.15) is 0 Å². The molecule has 1 heterocycles. The van der Waals surface area contributed by atoms with Gasteiger partial charge in [0.2, 0.25) is 0 Å². The summed E-state index contributed by atoms with van der Waals surface area (Å²) in [4.78, 5) is 0. The fraction of sp³-hybridized carbons (Fsp3) is 0.833. The Morgan fingerprint density at radius 1 is 1.64 bits per heavy atom. The zero-order chi connectivity index (χ0) is 10.2. The molecule has 2 heteroatoms. The van der Waals surface area contributed by atoms with Crippen LogP contribution in [-0.2, 0) is 4.74 Å². The number of terminal acetylenes is 1. The first-order chi connectivity index (χ1) is 6.86. The van der Waals surface area contributed by atoms with Crippen LogP contribution >= 0.6 is 0 Å². The summed E-state index contributed by atoms with van der Waals surface area (Å²) in [6.07, 6.45) is 11.2. The van der Waals surface area contributed by atoms with Crippen molar-refractivity contribution < 1.29 is 4.74 Å². The molecule has 0 aromatic carbocycles. The summed E-state index contributed by atoms with van der Waals surface area (Å²) in [5.74, 6) is 2.70. The van der Waals surface area contributed by atoms with Gasteiger partial charge in [-0.2, -0.15) is 0 Å². The van der Waals surface area contributed by atoms with E-state index in [1.54, 1.807) is 0 Å². The lowest BCUT2D eigenvalue weighted by Crippen LogP contribution is -2.32. The molecule has 2 unspecified atom stereocenters. The highest BCUT2D eigenvalue weighted by Gasteiger charge is 2.19. The van der Waals surface area contributed by atoms with Gasteiger partial charge in [-0.05, 0) is 32.2 Å². The molecule has 80 valence electrons. The lowest BCUT2D eigenvalue weighted by atomic mass is 10.0. The van der Waals surface area contributed by atoms with Crippen molar-refractivity contribution in [2.24, 2.45) is 0 Å². The van der Waals surface area contributed by atoms with Crippen LogP contribution in [0.15, 0.2) is 0 Å². The Kier molecular flexibility index (Phi) is 5.66. The topological polar surface area (TPSA) is 21.3 Å². The number of hydrogen-bond acceptors (Lipinski definition) is 2. The van der Waals surface area contributed by atoms with Gasteiger partial charge in [-0.15, -0.1) is 12.3 Å². The van der Waals surface area contributed by atoms with Gasteiger partial charge in [-0.1, -0.05) is 6.92 Å². The van der Waals surface area contributed by atoms with E-state index in [-0.39, 0.29) is 0 Å². The third-order valence-electron chi connectivity index (χ3n) is 2.70. The molecule has 14 heavy (non-hydrogen) atoms. The van der Waals surface area contributed by atoms with Crippen LogP contribution in [0.3, 0.4) is 0 Å². The summed E-state index contributed by atoms with van der Waals surface area (Å²) < 4.78 is 5.62. The van der Waals surface area contributed by atoms with Crippen LogP contribution in [0, 0.1) is 12.3 Å². The highest BCUT2D eigenvalue weighted by molar-refractivity contribution is 4.86. The van der Waals surface area contributed by atoms with Gasteiger partial charge in [0, 0.05) is 19.1 Å². The third kappa shape index (κ3) is 4.13. The highest BCUT2D eigenvalue weighted by atomic mass is 16.5. The largest absolute Gasteiger partial charge is 0.378 e. The second-order valence-electron chi connectivity index (χ2n) is 3.87. The van der Waals surface area contributed by atoms with Crippen molar-refractivity contribution in [1.82, 2.24) is 5.32 Å². The Hall–Kier alpha value is -0.520. The fourth-order valence-electron chi connectivity index (χ4n) is 2.00. The normalized spacial score (nSPS) is 23.3. The van der Waals surface area contributed by atoms with Gasteiger partial charge < -0.3 is 10.1 Å². The van der Waals surface area contributed by atoms with Crippen molar-refractivity contribution in [2.75, 3.05) is 13.2 Å². The first-order valence-corrected chi connectivity index (χ1v) is 5.65. The zero-order valence-corrected chi connectivity index (χ0v) is 9.09. The predicted molar refractivity (Wildman–Crippen MR) is 59.1 cm³/mol. The maximum Gasteiger partial charge on any atom is 0.0590 e. The minimum Gasteiger partial charge on any atom is -0.378 e. The lowest BCUT2D eigenvalue weighted by molar-refractivity contribution is 0.0940. The van der Waals surface area contributed by atoms with Gasteiger partial charge in [0.05, 0.1) is 6.10 Å². The van der Waals surface area contributed by atoms with Crippen LogP contribution in [0.4, 0.5) is 0 Å². The molecule has 2 nitrogen and oxygen atoms in total. The van der Waals surface area contributed by atoms with Crippen LogP contribution in [0.1, 0.15) is 39.0 Å². The van der Waals surface area contributed by atoms with E-state index < -0.39 is 0 Å². The van der Waals surface area contributed by atoms with Gasteiger partial charge in [0.25, 0.3) is 0 Å². The van der Waals surface area contributed by atoms with E-state index in [4.69, 9.17) is 11.2 Å². The zero-order valence-electron chi connectivity index (χ0n) is 9.09. The molecule has 0 aliphatic carbocycles. The van der Waals surface area contributed by atoms with Crippen molar-refractivity contribution >= 4 is 0 Å². The molecular weight excluding hydrogens is 174 g/mol. The van der Waals surface area contributed by atoms with Crippen LogP contribution in [0.2, 0.25) is 0 Å². The van der Waals surface area contributed by atoms with E-state index in [9.17, 15) is 0 Å². The molecule has 1 aliphatic heterocycles. The Morgan fingerprint density at radius 3 is 3.07 bits per heavy atom. The Labute approximate surface area is 87.4 Å². The smallest absolute Gasteiger partial charge is 0.0590 e. The summed E-state index contributed by atoms with van der Waals surface area (Å²) in [5, 5.41) is 3.47. The SMILES string of the molecule is C#CCCC(CC1CCCO1)NCC. The molecule has 0 bridgehead atoms. The fourth-order valence-corrected chi connectivity index (χ4v) is 2.00. The minimum absolute atomic E-state index is 0.469. The summed E-state index contributed by atoms with van der Waals surface area (Å²) in [7, 11) is 0. The summed E-state index contributed by atoms with van der Waals surface area (Å²) in [5.41, 5.74) is 0. The van der Waals surface area contributed by atoms with E-state index in [0.29, 0.717) is 12.1 Å². The summed E-state index contributed by atoms with van der Waals surface area (Å²) >= 11 is 0. The second kappa shape index (κ2) is 6.86. The van der Waals surface area contributed by atoms with Crippen molar-refractivity contribution in [3.05, 3.63) is 0 Å². The summed E-state index contributed by atoms with van der Waals surface area (Å²) in [6, 6.07) is 0.541. The molecule has 0 radical (unpaired) electrons. The summed E-state index contributed by atoms with van der Waals surface area (Å²) in [6.45, 7) is 4.10. The monoisotopic (exact) mass is 195 g/mol. The van der Waals surface area contributed by atoms with Gasteiger partial charge in [0.15, 0.2) is 0 Å². The first-order valence-electron chi connectivity index (χ1n) is 5.65. The van der Waals surface area contributed by atoms with Crippen molar-refractivity contribution in [3.63, 3.8) is 0 Å². The number of rotatable bonds is 6. The van der Waals surface area contributed by atoms with E-state index in [1.807, 2.05) is 0 Å². The molecule has 0 amide bonds. The van der Waals surface area contributed by atoms with Crippen LogP contribution < -0.4 is 5.32 Å². The molecule has 0 spiro atoms. The van der Waals surface area contributed by atoms with Crippen LogP contribution in [0.5, 0.6) is 0 Å². The Bertz CT molecular complexity index is 179. The molecule has 1 N–H and O–H groups in total. The van der Waals surface area contributed by atoms with Crippen molar-refractivity contribution in [2.45, 2.75) is 51.2 Å². The minimum atomic E-state index is 0.469. The number of ether oxygens (including phenoxy) is 1. The molecule has 1 aliphatic rings. The van der Waals surface area contributed by atoms with Gasteiger partial charge in [-0.3, -0.25) is 0 Å². The van der Waals surface area contributed by atoms with E-state index in [0.717, 1.165) is 32.4 Å². The lowest BCUT2D eigenvalue weighted by Gasteiger charge is -2.20. The molecule has 1 rings (SSSR count). The van der Waals surface area contributed by atoms with Crippen molar-refractivity contribution in [3.8, 4) is 12.3 Å². The quantitative estimate of drug-likeness (QED) is 0.654. The van der Waals surface area contributed by atoms with Crippen LogP contribution in [-0.4, -0.2) is 25.3 Å². The predicted octanol–water partition coefficient (Wildman–Crippen LogP) is 1.95. The molecule has 0 saturated carbocycles. The average Bonchev–Trinajstić information content (AvgIpc) is 2.67. The maximum absolute atomic E-state index is 5.62. The average molecular weight is 195 g/mol. The number of nitrogens with one attached hydrogen (secondary N) is 1.